The Morgan fingerprint density at radius 3 is 2.62 bits per heavy atom. The molecular weight excluding hydrogens is 306 g/mol. The molecule has 3 aromatic rings. The maximum Gasteiger partial charge on any atom is 0.272 e. The van der Waals surface area contributed by atoms with E-state index in [1.165, 1.54) is 12.1 Å². The highest BCUT2D eigenvalue weighted by atomic mass is 16.2. The highest BCUT2D eigenvalue weighted by Gasteiger charge is 2.17. The highest BCUT2D eigenvalue weighted by molar-refractivity contribution is 5.92. The third-order valence-corrected chi connectivity index (χ3v) is 3.77. The minimum absolute atomic E-state index is 0.162. The third kappa shape index (κ3) is 3.10. The molecule has 0 saturated carbocycles. The molecule has 24 heavy (non-hydrogen) atoms. The van der Waals surface area contributed by atoms with Gasteiger partial charge in [0, 0.05) is 17.3 Å². The minimum atomic E-state index is -0.356. The van der Waals surface area contributed by atoms with Gasteiger partial charge >= 0.3 is 0 Å². The SMILES string of the molecule is Cc1c([C@@H](C)NC(=O)c2ccc(=O)[nH]n2)cnn1-c1ccccc1. The number of aromatic amines is 1. The van der Waals surface area contributed by atoms with Gasteiger partial charge in [0.1, 0.15) is 5.69 Å². The van der Waals surface area contributed by atoms with E-state index in [0.29, 0.717) is 0 Å². The lowest BCUT2D eigenvalue weighted by Crippen LogP contribution is -2.28. The second kappa shape index (κ2) is 6.49. The van der Waals surface area contributed by atoms with Gasteiger partial charge < -0.3 is 5.32 Å². The monoisotopic (exact) mass is 323 g/mol. The Labute approximate surface area is 138 Å². The average molecular weight is 323 g/mol. The van der Waals surface area contributed by atoms with E-state index in [9.17, 15) is 9.59 Å². The van der Waals surface area contributed by atoms with Gasteiger partial charge in [0.25, 0.3) is 11.5 Å². The Balaban J connectivity index is 1.79. The lowest BCUT2D eigenvalue weighted by Gasteiger charge is -2.13. The summed E-state index contributed by atoms with van der Waals surface area (Å²) >= 11 is 0. The number of nitrogens with zero attached hydrogens (tertiary/aromatic N) is 3. The summed E-state index contributed by atoms with van der Waals surface area (Å²) in [5, 5.41) is 13.2. The number of amides is 1. The molecule has 1 atom stereocenters. The molecule has 0 fully saturated rings. The second-order valence-electron chi connectivity index (χ2n) is 5.43. The van der Waals surface area contributed by atoms with E-state index >= 15 is 0 Å². The van der Waals surface area contributed by atoms with Gasteiger partial charge in [-0.3, -0.25) is 9.59 Å². The van der Waals surface area contributed by atoms with E-state index in [2.05, 4.69) is 20.6 Å². The zero-order valence-corrected chi connectivity index (χ0v) is 13.4. The van der Waals surface area contributed by atoms with Gasteiger partial charge in [-0.05, 0) is 32.0 Å². The van der Waals surface area contributed by atoms with Crippen LogP contribution in [0.15, 0.2) is 53.5 Å². The average Bonchev–Trinajstić information content (AvgIpc) is 2.98. The zero-order chi connectivity index (χ0) is 17.1. The molecule has 1 aromatic carbocycles. The molecule has 0 bridgehead atoms. The van der Waals surface area contributed by atoms with Crippen molar-refractivity contribution >= 4 is 5.91 Å². The molecule has 0 radical (unpaired) electrons. The summed E-state index contributed by atoms with van der Waals surface area (Å²) in [4.78, 5) is 23.2. The highest BCUT2D eigenvalue weighted by Crippen LogP contribution is 2.20. The van der Waals surface area contributed by atoms with Gasteiger partial charge in [0.05, 0.1) is 17.9 Å². The number of carbonyl (C=O) groups is 1. The van der Waals surface area contributed by atoms with Gasteiger partial charge in [-0.15, -0.1) is 0 Å². The smallest absolute Gasteiger partial charge is 0.272 e. The van der Waals surface area contributed by atoms with Crippen molar-refractivity contribution in [1.29, 1.82) is 0 Å². The van der Waals surface area contributed by atoms with Crippen LogP contribution in [0.2, 0.25) is 0 Å². The fourth-order valence-corrected chi connectivity index (χ4v) is 2.50. The number of H-pyrrole nitrogens is 1. The maximum absolute atomic E-state index is 12.2. The van der Waals surface area contributed by atoms with E-state index in [-0.39, 0.29) is 23.2 Å². The van der Waals surface area contributed by atoms with Gasteiger partial charge in [-0.1, -0.05) is 18.2 Å². The molecule has 0 spiro atoms. The first-order valence-corrected chi connectivity index (χ1v) is 7.53. The summed E-state index contributed by atoms with van der Waals surface area (Å²) in [6.07, 6.45) is 1.74. The van der Waals surface area contributed by atoms with Gasteiger partial charge in [0.2, 0.25) is 0 Å². The van der Waals surface area contributed by atoms with Crippen LogP contribution in [0.1, 0.15) is 34.7 Å². The van der Waals surface area contributed by atoms with Gasteiger partial charge in [0.15, 0.2) is 0 Å². The first-order chi connectivity index (χ1) is 11.6. The number of hydrogen-bond donors (Lipinski definition) is 2. The number of hydrogen-bond acceptors (Lipinski definition) is 4. The summed E-state index contributed by atoms with van der Waals surface area (Å²) in [6.45, 7) is 3.83. The van der Waals surface area contributed by atoms with Gasteiger partial charge in [-0.25, -0.2) is 9.78 Å². The first kappa shape index (κ1) is 15.7. The lowest BCUT2D eigenvalue weighted by atomic mass is 10.1. The number of rotatable bonds is 4. The van der Waals surface area contributed by atoms with Crippen molar-refractivity contribution < 1.29 is 4.79 Å². The molecule has 0 saturated heterocycles. The van der Waals surface area contributed by atoms with E-state index in [4.69, 9.17) is 0 Å². The van der Waals surface area contributed by atoms with Crippen LogP contribution in [-0.4, -0.2) is 25.9 Å². The van der Waals surface area contributed by atoms with Crippen LogP contribution in [0.25, 0.3) is 5.69 Å². The molecule has 7 heteroatoms. The third-order valence-electron chi connectivity index (χ3n) is 3.77. The van der Waals surface area contributed by atoms with Crippen LogP contribution in [0, 0.1) is 6.92 Å². The van der Waals surface area contributed by atoms with Crippen LogP contribution >= 0.6 is 0 Å². The predicted octanol–water partition coefficient (Wildman–Crippen LogP) is 1.76. The summed E-state index contributed by atoms with van der Waals surface area (Å²) < 4.78 is 1.83. The van der Waals surface area contributed by atoms with Crippen molar-refractivity contribution in [1.82, 2.24) is 25.3 Å². The molecule has 2 aromatic heterocycles. The molecule has 0 aliphatic rings. The van der Waals surface area contributed by atoms with E-state index in [1.54, 1.807) is 6.20 Å². The topological polar surface area (TPSA) is 92.7 Å². The Bertz CT molecular complexity index is 894. The number of para-hydroxylation sites is 1. The normalized spacial score (nSPS) is 11.9. The fraction of sp³-hybridized carbons (Fsp3) is 0.176. The molecule has 7 nitrogen and oxygen atoms in total. The Hall–Kier alpha value is -3.22. The molecule has 1 amide bonds. The van der Waals surface area contributed by atoms with Crippen LogP contribution in [0.3, 0.4) is 0 Å². The summed E-state index contributed by atoms with van der Waals surface area (Å²) in [5.74, 6) is -0.356. The van der Waals surface area contributed by atoms with Crippen LogP contribution in [0.5, 0.6) is 0 Å². The quantitative estimate of drug-likeness (QED) is 0.765. The molecule has 3 rings (SSSR count). The molecule has 0 unspecified atom stereocenters. The molecule has 2 heterocycles. The van der Waals surface area contributed by atoms with Crippen LogP contribution in [-0.2, 0) is 0 Å². The first-order valence-electron chi connectivity index (χ1n) is 7.53. The molecule has 2 N–H and O–H groups in total. The lowest BCUT2D eigenvalue weighted by molar-refractivity contribution is 0.0933. The number of benzene rings is 1. The van der Waals surface area contributed by atoms with E-state index in [0.717, 1.165) is 16.9 Å². The van der Waals surface area contributed by atoms with Crippen molar-refractivity contribution in [3.63, 3.8) is 0 Å². The molecule has 0 aliphatic carbocycles. The summed E-state index contributed by atoms with van der Waals surface area (Å²) in [7, 11) is 0. The summed E-state index contributed by atoms with van der Waals surface area (Å²) in [5.41, 5.74) is 2.64. The molecular formula is C17H17N5O2. The van der Waals surface area contributed by atoms with Crippen molar-refractivity contribution in [2.45, 2.75) is 19.9 Å². The number of aromatic nitrogens is 4. The minimum Gasteiger partial charge on any atom is -0.344 e. The Morgan fingerprint density at radius 1 is 1.21 bits per heavy atom. The van der Waals surface area contributed by atoms with Crippen molar-refractivity contribution in [2.75, 3.05) is 0 Å². The van der Waals surface area contributed by atoms with Gasteiger partial charge in [-0.2, -0.15) is 10.2 Å². The van der Waals surface area contributed by atoms with E-state index < -0.39 is 0 Å². The molecule has 122 valence electrons. The van der Waals surface area contributed by atoms with Crippen LogP contribution in [0.4, 0.5) is 0 Å². The number of carbonyl (C=O) groups excluding carboxylic acids is 1. The zero-order valence-electron chi connectivity index (χ0n) is 13.4. The molecule has 0 aliphatic heterocycles. The largest absolute Gasteiger partial charge is 0.344 e. The van der Waals surface area contributed by atoms with Crippen LogP contribution < -0.4 is 10.9 Å². The van der Waals surface area contributed by atoms with Crippen molar-refractivity contribution in [2.24, 2.45) is 0 Å². The van der Waals surface area contributed by atoms with Crippen molar-refractivity contribution in [3.05, 3.63) is 76.0 Å². The van der Waals surface area contributed by atoms with E-state index in [1.807, 2.05) is 48.9 Å². The number of nitrogens with one attached hydrogen (secondary N) is 2. The van der Waals surface area contributed by atoms with Crippen molar-refractivity contribution in [3.8, 4) is 5.69 Å². The second-order valence-corrected chi connectivity index (χ2v) is 5.43. The fourth-order valence-electron chi connectivity index (χ4n) is 2.50. The summed E-state index contributed by atoms with van der Waals surface area (Å²) in [6, 6.07) is 12.2. The Morgan fingerprint density at radius 2 is 1.96 bits per heavy atom. The maximum atomic E-state index is 12.2. The standard InChI is InChI=1S/C17H17N5O2/c1-11(19-17(24)15-8-9-16(23)21-20-15)14-10-18-22(12(14)2)13-6-4-3-5-7-13/h3-11H,1-2H3,(H,19,24)(H,21,23)/t11-/m1/s1. The predicted molar refractivity (Wildman–Crippen MR) is 89.0 cm³/mol. The Kier molecular flexibility index (Phi) is 4.24.